The van der Waals surface area contributed by atoms with Crippen molar-refractivity contribution in [3.8, 4) is 6.07 Å². The highest BCUT2D eigenvalue weighted by atomic mass is 32.2. The summed E-state index contributed by atoms with van der Waals surface area (Å²) in [6.45, 7) is 0. The minimum Gasteiger partial charge on any atom is -0.314 e. The van der Waals surface area contributed by atoms with Gasteiger partial charge in [0.25, 0.3) is 0 Å². The summed E-state index contributed by atoms with van der Waals surface area (Å²) in [5.74, 6) is 0.577. The van der Waals surface area contributed by atoms with E-state index < -0.39 is 5.54 Å². The van der Waals surface area contributed by atoms with Gasteiger partial charge in [0.15, 0.2) is 0 Å². The Bertz CT molecular complexity index is 527. The van der Waals surface area contributed by atoms with Gasteiger partial charge in [-0.3, -0.25) is 4.79 Å². The lowest BCUT2D eigenvalue weighted by molar-refractivity contribution is -0.133. The Morgan fingerprint density at radius 1 is 1.44 bits per heavy atom. The van der Waals surface area contributed by atoms with Gasteiger partial charge in [0.05, 0.1) is 11.4 Å². The van der Waals surface area contributed by atoms with Crippen molar-refractivity contribution in [3.63, 3.8) is 0 Å². The molecule has 5 heteroatoms. The number of hydrogen-bond donors (Lipinski definition) is 1. The number of carbonyl (C=O) groups is 1. The number of nitrogens with zero attached hydrogens (tertiary/aromatic N) is 2. The first-order valence-electron chi connectivity index (χ1n) is 5.85. The van der Waals surface area contributed by atoms with E-state index in [1.54, 1.807) is 16.7 Å². The normalized spacial score (nSPS) is 34.4. The van der Waals surface area contributed by atoms with Gasteiger partial charge in [-0.25, -0.2) is 0 Å². The van der Waals surface area contributed by atoms with E-state index in [1.165, 1.54) is 0 Å². The van der Waals surface area contributed by atoms with Gasteiger partial charge in [0.1, 0.15) is 11.6 Å². The largest absolute Gasteiger partial charge is 0.314 e. The Kier molecular flexibility index (Phi) is 2.58. The molecule has 4 nitrogen and oxygen atoms in total. The summed E-state index contributed by atoms with van der Waals surface area (Å²) in [5, 5.41) is 9.12. The Labute approximate surface area is 110 Å². The van der Waals surface area contributed by atoms with E-state index in [9.17, 15) is 4.79 Å². The number of rotatable bonds is 1. The summed E-state index contributed by atoms with van der Waals surface area (Å²) in [7, 11) is 0. The molecule has 0 aliphatic carbocycles. The van der Waals surface area contributed by atoms with E-state index in [2.05, 4.69) is 6.07 Å². The number of hydrogen-bond acceptors (Lipinski definition) is 4. The Morgan fingerprint density at radius 3 is 2.83 bits per heavy atom. The van der Waals surface area contributed by atoms with Crippen LogP contribution in [0.4, 0.5) is 0 Å². The molecule has 2 aliphatic heterocycles. The first-order chi connectivity index (χ1) is 8.66. The molecule has 18 heavy (non-hydrogen) atoms. The molecule has 0 spiro atoms. The summed E-state index contributed by atoms with van der Waals surface area (Å²) < 4.78 is 0. The van der Waals surface area contributed by atoms with Crippen LogP contribution in [0.3, 0.4) is 0 Å². The minimum atomic E-state index is -0.964. The second-order valence-electron chi connectivity index (χ2n) is 4.69. The Morgan fingerprint density at radius 2 is 2.17 bits per heavy atom. The van der Waals surface area contributed by atoms with Crippen molar-refractivity contribution in [2.24, 2.45) is 5.73 Å². The summed E-state index contributed by atoms with van der Waals surface area (Å²) in [6.07, 6.45) is 0.582. The zero-order valence-corrected chi connectivity index (χ0v) is 10.6. The second kappa shape index (κ2) is 4.01. The molecular formula is C13H13N3OS. The average Bonchev–Trinajstić information content (AvgIpc) is 2.91. The van der Waals surface area contributed by atoms with Crippen molar-refractivity contribution >= 4 is 17.7 Å². The molecule has 1 aromatic carbocycles. The molecule has 0 unspecified atom stereocenters. The predicted molar refractivity (Wildman–Crippen MR) is 69.4 cm³/mol. The van der Waals surface area contributed by atoms with Crippen molar-refractivity contribution in [2.45, 2.75) is 23.4 Å². The molecule has 2 saturated heterocycles. The van der Waals surface area contributed by atoms with Crippen molar-refractivity contribution in [3.05, 3.63) is 35.9 Å². The van der Waals surface area contributed by atoms with Gasteiger partial charge in [0, 0.05) is 12.2 Å². The number of benzene rings is 1. The molecule has 2 fully saturated rings. The van der Waals surface area contributed by atoms with Crippen LogP contribution >= 0.6 is 11.8 Å². The van der Waals surface area contributed by atoms with Crippen LogP contribution in [-0.2, 0) is 10.3 Å². The van der Waals surface area contributed by atoms with Crippen molar-refractivity contribution in [2.75, 3.05) is 5.75 Å². The van der Waals surface area contributed by atoms with E-state index in [0.29, 0.717) is 12.2 Å². The monoisotopic (exact) mass is 259 g/mol. The van der Waals surface area contributed by atoms with Gasteiger partial charge in [0.2, 0.25) is 5.91 Å². The van der Waals surface area contributed by atoms with E-state index in [1.807, 2.05) is 30.3 Å². The third kappa shape index (κ3) is 1.46. The van der Waals surface area contributed by atoms with E-state index in [-0.39, 0.29) is 17.3 Å². The van der Waals surface area contributed by atoms with Crippen molar-refractivity contribution < 1.29 is 4.79 Å². The number of carbonyl (C=O) groups excluding carboxylic acids is 1. The van der Waals surface area contributed by atoms with Gasteiger partial charge in [-0.1, -0.05) is 30.3 Å². The standard InChI is InChI=1S/C13H13N3OS/c14-7-10-8-18-11-6-13(15,12(17)16(10)11)9-4-2-1-3-5-9/h1-5,10-11H,6,8,15H2/t10-,11+,13-/m1/s1. The summed E-state index contributed by atoms with van der Waals surface area (Å²) in [5.41, 5.74) is 6.19. The van der Waals surface area contributed by atoms with Gasteiger partial charge in [-0.05, 0) is 5.56 Å². The molecule has 2 heterocycles. The molecule has 0 saturated carbocycles. The lowest BCUT2D eigenvalue weighted by atomic mass is 9.89. The van der Waals surface area contributed by atoms with Crippen molar-refractivity contribution in [1.82, 2.24) is 4.90 Å². The molecule has 2 N–H and O–H groups in total. The zero-order chi connectivity index (χ0) is 12.8. The van der Waals surface area contributed by atoms with E-state index >= 15 is 0 Å². The third-order valence-electron chi connectivity index (χ3n) is 3.64. The summed E-state index contributed by atoms with van der Waals surface area (Å²) in [4.78, 5) is 14.2. The minimum absolute atomic E-state index is 0.0485. The molecule has 0 bridgehead atoms. The molecule has 2 aliphatic rings. The molecule has 1 amide bonds. The Hall–Kier alpha value is -1.51. The molecule has 0 aromatic heterocycles. The zero-order valence-electron chi connectivity index (χ0n) is 9.74. The molecule has 3 atom stereocenters. The maximum Gasteiger partial charge on any atom is 0.249 e. The van der Waals surface area contributed by atoms with Crippen LogP contribution in [0.25, 0.3) is 0 Å². The molecule has 0 radical (unpaired) electrons. The molecule has 92 valence electrons. The Balaban J connectivity index is 1.98. The quantitative estimate of drug-likeness (QED) is 0.818. The summed E-state index contributed by atoms with van der Waals surface area (Å²) >= 11 is 1.65. The first kappa shape index (κ1) is 11.6. The average molecular weight is 259 g/mol. The lowest BCUT2D eigenvalue weighted by Crippen LogP contribution is -2.47. The number of nitriles is 1. The van der Waals surface area contributed by atoms with Crippen LogP contribution in [0, 0.1) is 11.3 Å². The highest BCUT2D eigenvalue weighted by Gasteiger charge is 2.55. The van der Waals surface area contributed by atoms with Crippen LogP contribution in [0.2, 0.25) is 0 Å². The first-order valence-corrected chi connectivity index (χ1v) is 6.90. The van der Waals surface area contributed by atoms with Crippen LogP contribution in [0.15, 0.2) is 30.3 Å². The maximum atomic E-state index is 12.5. The van der Waals surface area contributed by atoms with Crippen LogP contribution in [0.1, 0.15) is 12.0 Å². The van der Waals surface area contributed by atoms with Gasteiger partial charge < -0.3 is 10.6 Å². The highest BCUT2D eigenvalue weighted by Crippen LogP contribution is 2.44. The van der Waals surface area contributed by atoms with Crippen LogP contribution < -0.4 is 5.73 Å². The number of thioether (sulfide) groups is 1. The van der Waals surface area contributed by atoms with E-state index in [4.69, 9.17) is 11.0 Å². The van der Waals surface area contributed by atoms with Gasteiger partial charge in [-0.15, -0.1) is 11.8 Å². The fourth-order valence-electron chi connectivity index (χ4n) is 2.66. The number of fused-ring (bicyclic) bond motifs is 1. The lowest BCUT2D eigenvalue weighted by Gasteiger charge is -2.24. The van der Waals surface area contributed by atoms with Crippen LogP contribution in [0.5, 0.6) is 0 Å². The van der Waals surface area contributed by atoms with Gasteiger partial charge in [-0.2, -0.15) is 5.26 Å². The van der Waals surface area contributed by atoms with Crippen molar-refractivity contribution in [1.29, 1.82) is 5.26 Å². The van der Waals surface area contributed by atoms with E-state index in [0.717, 1.165) is 5.56 Å². The highest BCUT2D eigenvalue weighted by molar-refractivity contribution is 8.00. The second-order valence-corrected chi connectivity index (χ2v) is 5.90. The SMILES string of the molecule is N#C[C@@H]1CS[C@H]2C[C@@](N)(c3ccccc3)C(=O)N12. The topological polar surface area (TPSA) is 70.1 Å². The third-order valence-corrected chi connectivity index (χ3v) is 4.93. The molecule has 3 rings (SSSR count). The maximum absolute atomic E-state index is 12.5. The van der Waals surface area contributed by atoms with Gasteiger partial charge >= 0.3 is 0 Å². The predicted octanol–water partition coefficient (Wildman–Crippen LogP) is 1.04. The number of amides is 1. The molecular weight excluding hydrogens is 246 g/mol. The summed E-state index contributed by atoms with van der Waals surface area (Å²) in [6, 6.07) is 11.3. The van der Waals surface area contributed by atoms with Crippen LogP contribution in [-0.4, -0.2) is 28.0 Å². The smallest absolute Gasteiger partial charge is 0.249 e. The molecule has 1 aromatic rings. The number of nitrogens with two attached hydrogens (primary N) is 1. The fourth-order valence-corrected chi connectivity index (χ4v) is 4.09. The fraction of sp³-hybridized carbons (Fsp3) is 0.385.